The minimum absolute atomic E-state index is 0.362. The summed E-state index contributed by atoms with van der Waals surface area (Å²) in [6.45, 7) is 6.37. The Morgan fingerprint density at radius 3 is 1.94 bits per heavy atom. The topological polar surface area (TPSA) is 0 Å². The average molecular weight is 425 g/mol. The predicted molar refractivity (Wildman–Crippen MR) is 146 cm³/mol. The highest BCUT2D eigenvalue weighted by Gasteiger charge is 2.22. The fourth-order valence-electron chi connectivity index (χ4n) is 5.93. The van der Waals surface area contributed by atoms with Crippen LogP contribution in [0.15, 0.2) is 97.1 Å². The van der Waals surface area contributed by atoms with Gasteiger partial charge in [0.05, 0.1) is 0 Å². The minimum Gasteiger partial charge on any atom is -0.0757 e. The molecule has 0 aliphatic heterocycles. The van der Waals surface area contributed by atoms with Gasteiger partial charge in [-0.2, -0.15) is 0 Å². The second kappa shape index (κ2) is 7.74. The van der Waals surface area contributed by atoms with E-state index in [1.807, 2.05) is 13.8 Å². The van der Waals surface area contributed by atoms with Crippen LogP contribution in [0.1, 0.15) is 43.4 Å². The maximum absolute atomic E-state index is 2.43. The molecule has 1 aliphatic rings. The first-order chi connectivity index (χ1) is 16.3. The summed E-state index contributed by atoms with van der Waals surface area (Å²) >= 11 is 0. The summed E-state index contributed by atoms with van der Waals surface area (Å²) in [6, 6.07) is 33.9. The lowest BCUT2D eigenvalue weighted by Gasteiger charge is -2.21. The van der Waals surface area contributed by atoms with Crippen molar-refractivity contribution in [3.63, 3.8) is 0 Å². The molecule has 0 heterocycles. The SMILES string of the molecule is CC.CC(C1=CCc2ccccc21)c1ccc2c3cccc4cccc(c5cccc1c52)c43. The Labute approximate surface area is 195 Å². The number of hydrogen-bond donors (Lipinski definition) is 0. The lowest BCUT2D eigenvalue weighted by atomic mass is 9.83. The van der Waals surface area contributed by atoms with Gasteiger partial charge < -0.3 is 0 Å². The van der Waals surface area contributed by atoms with Gasteiger partial charge in [0, 0.05) is 5.92 Å². The molecule has 7 rings (SSSR count). The van der Waals surface area contributed by atoms with Gasteiger partial charge in [-0.25, -0.2) is 0 Å². The number of rotatable bonds is 2. The Kier molecular flexibility index (Phi) is 4.69. The molecule has 1 unspecified atom stereocenters. The maximum Gasteiger partial charge on any atom is 0.00701 e. The number of fused-ring (bicyclic) bond motifs is 3. The molecule has 0 bridgehead atoms. The van der Waals surface area contributed by atoms with E-state index in [2.05, 4.69) is 104 Å². The molecule has 0 nitrogen and oxygen atoms in total. The van der Waals surface area contributed by atoms with Gasteiger partial charge in [0.25, 0.3) is 0 Å². The molecule has 1 aliphatic carbocycles. The van der Waals surface area contributed by atoms with Crippen molar-refractivity contribution in [3.05, 3.63) is 114 Å². The smallest absolute Gasteiger partial charge is 0.00701 e. The van der Waals surface area contributed by atoms with Crippen molar-refractivity contribution in [2.45, 2.75) is 33.1 Å². The third-order valence-corrected chi connectivity index (χ3v) is 7.36. The van der Waals surface area contributed by atoms with Crippen molar-refractivity contribution in [2.75, 3.05) is 0 Å². The minimum atomic E-state index is 0.362. The summed E-state index contributed by atoms with van der Waals surface area (Å²) in [5.74, 6) is 0.362. The van der Waals surface area contributed by atoms with E-state index in [1.54, 1.807) is 0 Å². The third-order valence-electron chi connectivity index (χ3n) is 7.36. The molecular formula is C33H28. The molecule has 6 aromatic carbocycles. The van der Waals surface area contributed by atoms with Crippen LogP contribution in [0, 0.1) is 0 Å². The van der Waals surface area contributed by atoms with Gasteiger partial charge in [0.2, 0.25) is 0 Å². The molecule has 6 aromatic rings. The zero-order chi connectivity index (χ0) is 22.5. The second-order valence-corrected chi connectivity index (χ2v) is 8.88. The quantitative estimate of drug-likeness (QED) is 0.192. The molecule has 1 atom stereocenters. The van der Waals surface area contributed by atoms with Gasteiger partial charge in [0.15, 0.2) is 0 Å². The lowest BCUT2D eigenvalue weighted by molar-refractivity contribution is 1.01. The lowest BCUT2D eigenvalue weighted by Crippen LogP contribution is -1.99. The van der Waals surface area contributed by atoms with Crippen LogP contribution in [-0.2, 0) is 6.42 Å². The molecule has 0 radical (unpaired) electrons. The zero-order valence-corrected chi connectivity index (χ0v) is 19.5. The van der Waals surface area contributed by atoms with Gasteiger partial charge in [-0.15, -0.1) is 0 Å². The van der Waals surface area contributed by atoms with Crippen LogP contribution in [0.2, 0.25) is 0 Å². The Bertz CT molecular complexity index is 1610. The van der Waals surface area contributed by atoms with Gasteiger partial charge >= 0.3 is 0 Å². The van der Waals surface area contributed by atoms with Gasteiger partial charge in [-0.05, 0) is 71.8 Å². The van der Waals surface area contributed by atoms with Crippen LogP contribution < -0.4 is 0 Å². The summed E-state index contributed by atoms with van der Waals surface area (Å²) in [4.78, 5) is 0. The highest BCUT2D eigenvalue weighted by atomic mass is 14.3. The Balaban J connectivity index is 0.00000101. The molecule has 0 saturated heterocycles. The highest BCUT2D eigenvalue weighted by Crippen LogP contribution is 2.45. The molecular weight excluding hydrogens is 396 g/mol. The van der Waals surface area contributed by atoms with Crippen LogP contribution in [0.25, 0.3) is 48.7 Å². The first-order valence-corrected chi connectivity index (χ1v) is 12.2. The van der Waals surface area contributed by atoms with E-state index in [0.29, 0.717) is 5.92 Å². The summed E-state index contributed by atoms with van der Waals surface area (Å²) in [5.41, 5.74) is 5.77. The molecule has 0 amide bonds. The number of allylic oxidation sites excluding steroid dienone is 2. The first-order valence-electron chi connectivity index (χ1n) is 12.2. The van der Waals surface area contributed by atoms with E-state index >= 15 is 0 Å². The molecule has 0 N–H and O–H groups in total. The van der Waals surface area contributed by atoms with Gasteiger partial charge in [-0.3, -0.25) is 0 Å². The normalized spacial score (nSPS) is 13.8. The van der Waals surface area contributed by atoms with Crippen molar-refractivity contribution in [2.24, 2.45) is 0 Å². The van der Waals surface area contributed by atoms with Gasteiger partial charge in [0.1, 0.15) is 0 Å². The number of benzene rings is 6. The van der Waals surface area contributed by atoms with Crippen LogP contribution in [0.4, 0.5) is 0 Å². The van der Waals surface area contributed by atoms with E-state index in [4.69, 9.17) is 0 Å². The van der Waals surface area contributed by atoms with Crippen molar-refractivity contribution >= 4 is 48.7 Å². The average Bonchev–Trinajstić information content (AvgIpc) is 3.32. The van der Waals surface area contributed by atoms with E-state index < -0.39 is 0 Å². The van der Waals surface area contributed by atoms with Crippen LogP contribution >= 0.6 is 0 Å². The Hall–Kier alpha value is -3.64. The summed E-state index contributed by atoms with van der Waals surface area (Å²) in [5, 5.41) is 11.0. The van der Waals surface area contributed by atoms with Crippen molar-refractivity contribution < 1.29 is 0 Å². The van der Waals surface area contributed by atoms with Crippen molar-refractivity contribution in [3.8, 4) is 0 Å². The third kappa shape index (κ3) is 2.84. The fourth-order valence-corrected chi connectivity index (χ4v) is 5.93. The molecule has 33 heavy (non-hydrogen) atoms. The molecule has 0 heteroatoms. The largest absolute Gasteiger partial charge is 0.0757 e. The maximum atomic E-state index is 2.43. The highest BCUT2D eigenvalue weighted by molar-refractivity contribution is 6.33. The van der Waals surface area contributed by atoms with E-state index in [0.717, 1.165) is 6.42 Å². The Morgan fingerprint density at radius 2 is 1.18 bits per heavy atom. The van der Waals surface area contributed by atoms with E-state index in [-0.39, 0.29) is 0 Å². The zero-order valence-electron chi connectivity index (χ0n) is 19.5. The fraction of sp³-hybridized carbons (Fsp3) is 0.152. The first kappa shape index (κ1) is 20.0. The van der Waals surface area contributed by atoms with Gasteiger partial charge in [-0.1, -0.05) is 118 Å². The molecule has 0 aromatic heterocycles. The molecule has 160 valence electrons. The molecule has 0 saturated carbocycles. The van der Waals surface area contributed by atoms with E-state index in [1.165, 1.54) is 65.4 Å². The second-order valence-electron chi connectivity index (χ2n) is 8.88. The summed E-state index contributed by atoms with van der Waals surface area (Å²) in [7, 11) is 0. The molecule has 0 fully saturated rings. The van der Waals surface area contributed by atoms with Crippen molar-refractivity contribution in [1.82, 2.24) is 0 Å². The number of hydrogen-bond acceptors (Lipinski definition) is 0. The van der Waals surface area contributed by atoms with E-state index in [9.17, 15) is 0 Å². The van der Waals surface area contributed by atoms with Crippen LogP contribution in [-0.4, -0.2) is 0 Å². The van der Waals surface area contributed by atoms with Crippen molar-refractivity contribution in [1.29, 1.82) is 0 Å². The van der Waals surface area contributed by atoms with Crippen LogP contribution in [0.3, 0.4) is 0 Å². The predicted octanol–water partition coefficient (Wildman–Crippen LogP) is 9.51. The summed E-state index contributed by atoms with van der Waals surface area (Å²) in [6.07, 6.45) is 3.48. The monoisotopic (exact) mass is 424 g/mol. The standard InChI is InChI=1S/C31H22.C2H6/c1-19(22-16-15-20-7-2-3-10-24(20)22)23-17-18-29-27-12-5-9-21-8-4-11-26(30(21)27)28-14-6-13-25(23)31(28)29;1-2/h2-14,16-19H,15H2,1H3;1-2H3. The Morgan fingerprint density at radius 1 is 0.576 bits per heavy atom. The molecule has 0 spiro atoms. The van der Waals surface area contributed by atoms with Crippen LogP contribution in [0.5, 0.6) is 0 Å². The summed E-state index contributed by atoms with van der Waals surface area (Å²) < 4.78 is 0.